The van der Waals surface area contributed by atoms with Crippen LogP contribution in [0.4, 0.5) is 0 Å². The number of hydrogen-bond donors (Lipinski definition) is 1. The Balaban J connectivity index is 2.60. The van der Waals surface area contributed by atoms with Crippen molar-refractivity contribution in [2.75, 3.05) is 7.05 Å². The van der Waals surface area contributed by atoms with E-state index in [9.17, 15) is 0 Å². The quantitative estimate of drug-likeness (QED) is 0.734. The lowest BCUT2D eigenvalue weighted by Crippen LogP contribution is -2.27. The molecular weight excluding hydrogens is 206 g/mol. The molecule has 0 aliphatic carbocycles. The van der Waals surface area contributed by atoms with Crippen LogP contribution in [0.15, 0.2) is 30.4 Å². The van der Waals surface area contributed by atoms with E-state index in [0.717, 1.165) is 12.8 Å². The molecule has 1 heteroatoms. The summed E-state index contributed by atoms with van der Waals surface area (Å²) in [5, 5.41) is 3.40. The molecule has 0 saturated heterocycles. The van der Waals surface area contributed by atoms with E-state index in [0.29, 0.717) is 6.04 Å². The maximum atomic E-state index is 3.97. The van der Waals surface area contributed by atoms with Crippen LogP contribution in [0.25, 0.3) is 0 Å². The van der Waals surface area contributed by atoms with Gasteiger partial charge in [-0.1, -0.05) is 23.8 Å². The summed E-state index contributed by atoms with van der Waals surface area (Å²) in [6, 6.07) is 7.32. The van der Waals surface area contributed by atoms with Gasteiger partial charge in [-0.25, -0.2) is 0 Å². The molecule has 0 saturated carbocycles. The predicted octanol–water partition coefficient (Wildman–Crippen LogP) is 3.79. The molecule has 17 heavy (non-hydrogen) atoms. The third-order valence-corrected chi connectivity index (χ3v) is 3.38. The van der Waals surface area contributed by atoms with Gasteiger partial charge in [-0.3, -0.25) is 0 Å². The molecule has 1 nitrogen and oxygen atoms in total. The number of allylic oxidation sites excluding steroid dienone is 1. The van der Waals surface area contributed by atoms with Crippen molar-refractivity contribution in [1.82, 2.24) is 5.32 Å². The van der Waals surface area contributed by atoms with E-state index in [1.54, 1.807) is 0 Å². The lowest BCUT2D eigenvalue weighted by atomic mass is 9.97. The molecule has 0 heterocycles. The minimum absolute atomic E-state index is 0.550. The standard InChI is InChI=1S/C16H25N/c1-12(2)6-9-16(17-5)11-15-8-7-13(3)14(4)10-15/h7-8,10,16-17H,1,6,9,11H2,2-5H3. The number of hydrogen-bond acceptors (Lipinski definition) is 1. The molecular formula is C16H25N. The van der Waals surface area contributed by atoms with Crippen LogP contribution in [0.3, 0.4) is 0 Å². The van der Waals surface area contributed by atoms with Gasteiger partial charge in [0, 0.05) is 6.04 Å². The fourth-order valence-electron chi connectivity index (χ4n) is 1.98. The Kier molecular flexibility index (Phi) is 5.43. The maximum Gasteiger partial charge on any atom is 0.0107 e. The van der Waals surface area contributed by atoms with Crippen molar-refractivity contribution in [2.24, 2.45) is 0 Å². The minimum Gasteiger partial charge on any atom is -0.317 e. The third-order valence-electron chi connectivity index (χ3n) is 3.38. The van der Waals surface area contributed by atoms with Gasteiger partial charge in [0.25, 0.3) is 0 Å². The SMILES string of the molecule is C=C(C)CCC(Cc1ccc(C)c(C)c1)NC. The largest absolute Gasteiger partial charge is 0.317 e. The molecule has 0 aliphatic heterocycles. The lowest BCUT2D eigenvalue weighted by Gasteiger charge is -2.17. The first-order valence-electron chi connectivity index (χ1n) is 6.40. The fourth-order valence-corrected chi connectivity index (χ4v) is 1.98. The first-order chi connectivity index (χ1) is 8.02. The molecule has 0 bridgehead atoms. The maximum absolute atomic E-state index is 3.97. The van der Waals surface area contributed by atoms with E-state index >= 15 is 0 Å². The molecule has 1 N–H and O–H groups in total. The zero-order chi connectivity index (χ0) is 12.8. The zero-order valence-corrected chi connectivity index (χ0v) is 11.6. The monoisotopic (exact) mass is 231 g/mol. The van der Waals surface area contributed by atoms with Crippen molar-refractivity contribution in [3.8, 4) is 0 Å². The number of aryl methyl sites for hydroxylation is 2. The first-order valence-corrected chi connectivity index (χ1v) is 6.40. The summed E-state index contributed by atoms with van der Waals surface area (Å²) in [5.74, 6) is 0. The van der Waals surface area contributed by atoms with Crippen LogP contribution in [0.2, 0.25) is 0 Å². The summed E-state index contributed by atoms with van der Waals surface area (Å²) in [6.45, 7) is 10.4. The van der Waals surface area contributed by atoms with Crippen LogP contribution >= 0.6 is 0 Å². The molecule has 0 aliphatic rings. The van der Waals surface area contributed by atoms with Gasteiger partial charge in [-0.15, -0.1) is 6.58 Å². The number of likely N-dealkylation sites (N-methyl/N-ethyl adjacent to an activating group) is 1. The Morgan fingerprint density at radius 2 is 2.00 bits per heavy atom. The second kappa shape index (κ2) is 6.61. The molecule has 1 atom stereocenters. The highest BCUT2D eigenvalue weighted by Crippen LogP contribution is 2.14. The molecule has 94 valence electrons. The van der Waals surface area contributed by atoms with E-state index in [2.05, 4.69) is 50.9 Å². The van der Waals surface area contributed by atoms with Crippen LogP contribution in [0.5, 0.6) is 0 Å². The Labute approximate surface area is 106 Å². The van der Waals surface area contributed by atoms with Crippen molar-refractivity contribution in [3.05, 3.63) is 47.0 Å². The first kappa shape index (κ1) is 14.0. The topological polar surface area (TPSA) is 12.0 Å². The van der Waals surface area contributed by atoms with Gasteiger partial charge in [-0.05, 0) is 63.8 Å². The van der Waals surface area contributed by atoms with Gasteiger partial charge >= 0.3 is 0 Å². The molecule has 0 radical (unpaired) electrons. The van der Waals surface area contributed by atoms with Crippen molar-refractivity contribution in [3.63, 3.8) is 0 Å². The molecule has 1 rings (SSSR count). The Morgan fingerprint density at radius 3 is 2.53 bits per heavy atom. The minimum atomic E-state index is 0.550. The normalized spacial score (nSPS) is 12.5. The van der Waals surface area contributed by atoms with Crippen LogP contribution in [0.1, 0.15) is 36.5 Å². The summed E-state index contributed by atoms with van der Waals surface area (Å²) in [6.07, 6.45) is 3.38. The Hall–Kier alpha value is -1.08. The second-order valence-corrected chi connectivity index (χ2v) is 5.10. The van der Waals surface area contributed by atoms with Crippen molar-refractivity contribution >= 4 is 0 Å². The number of rotatable bonds is 6. The van der Waals surface area contributed by atoms with Crippen molar-refractivity contribution < 1.29 is 0 Å². The van der Waals surface area contributed by atoms with Gasteiger partial charge in [-0.2, -0.15) is 0 Å². The smallest absolute Gasteiger partial charge is 0.0107 e. The Morgan fingerprint density at radius 1 is 1.29 bits per heavy atom. The van der Waals surface area contributed by atoms with E-state index in [4.69, 9.17) is 0 Å². The highest BCUT2D eigenvalue weighted by atomic mass is 14.9. The highest BCUT2D eigenvalue weighted by Gasteiger charge is 2.07. The van der Waals surface area contributed by atoms with Crippen LogP contribution in [-0.4, -0.2) is 13.1 Å². The molecule has 0 amide bonds. The lowest BCUT2D eigenvalue weighted by molar-refractivity contribution is 0.519. The number of nitrogens with one attached hydrogen (secondary N) is 1. The fraction of sp³-hybridized carbons (Fsp3) is 0.500. The number of benzene rings is 1. The molecule has 1 unspecified atom stereocenters. The third kappa shape index (κ3) is 4.74. The Bertz CT molecular complexity index is 379. The predicted molar refractivity (Wildman–Crippen MR) is 76.5 cm³/mol. The van der Waals surface area contributed by atoms with Crippen LogP contribution in [0, 0.1) is 13.8 Å². The van der Waals surface area contributed by atoms with Gasteiger partial charge in [0.05, 0.1) is 0 Å². The van der Waals surface area contributed by atoms with Gasteiger partial charge in [0.15, 0.2) is 0 Å². The van der Waals surface area contributed by atoms with E-state index < -0.39 is 0 Å². The molecule has 1 aromatic rings. The molecule has 0 spiro atoms. The second-order valence-electron chi connectivity index (χ2n) is 5.10. The molecule has 0 fully saturated rings. The average molecular weight is 231 g/mol. The summed E-state index contributed by atoms with van der Waals surface area (Å²) in [4.78, 5) is 0. The molecule has 1 aromatic carbocycles. The molecule has 0 aromatic heterocycles. The zero-order valence-electron chi connectivity index (χ0n) is 11.6. The van der Waals surface area contributed by atoms with Crippen LogP contribution < -0.4 is 5.32 Å². The summed E-state index contributed by atoms with van der Waals surface area (Å²) < 4.78 is 0. The van der Waals surface area contributed by atoms with E-state index in [-0.39, 0.29) is 0 Å². The summed E-state index contributed by atoms with van der Waals surface area (Å²) in [5.41, 5.74) is 5.45. The van der Waals surface area contributed by atoms with Gasteiger partial charge in [0.1, 0.15) is 0 Å². The van der Waals surface area contributed by atoms with E-state index in [1.807, 2.05) is 7.05 Å². The van der Waals surface area contributed by atoms with Crippen molar-refractivity contribution in [2.45, 2.75) is 46.1 Å². The highest BCUT2D eigenvalue weighted by molar-refractivity contribution is 5.30. The van der Waals surface area contributed by atoms with E-state index in [1.165, 1.54) is 28.7 Å². The van der Waals surface area contributed by atoms with Crippen LogP contribution in [-0.2, 0) is 6.42 Å². The van der Waals surface area contributed by atoms with Crippen molar-refractivity contribution in [1.29, 1.82) is 0 Å². The van der Waals surface area contributed by atoms with Gasteiger partial charge < -0.3 is 5.32 Å². The average Bonchev–Trinajstić information content (AvgIpc) is 2.28. The summed E-state index contributed by atoms with van der Waals surface area (Å²) >= 11 is 0. The van der Waals surface area contributed by atoms with Gasteiger partial charge in [0.2, 0.25) is 0 Å². The summed E-state index contributed by atoms with van der Waals surface area (Å²) in [7, 11) is 2.05.